The number of nitrogens with two attached hydrogens (primary N) is 1. The van der Waals surface area contributed by atoms with Gasteiger partial charge in [-0.15, -0.1) is 0 Å². The van der Waals surface area contributed by atoms with E-state index in [1.165, 1.54) is 0 Å². The van der Waals surface area contributed by atoms with Gasteiger partial charge in [0.05, 0.1) is 19.3 Å². The van der Waals surface area contributed by atoms with Gasteiger partial charge in [0.1, 0.15) is 17.3 Å². The summed E-state index contributed by atoms with van der Waals surface area (Å²) >= 11 is 0. The molecule has 34 heavy (non-hydrogen) atoms. The van der Waals surface area contributed by atoms with Gasteiger partial charge in [0, 0.05) is 38.6 Å². The highest BCUT2D eigenvalue weighted by molar-refractivity contribution is 5.70. The predicted octanol–water partition coefficient (Wildman–Crippen LogP) is 2.47. The van der Waals surface area contributed by atoms with Crippen LogP contribution in [0, 0.1) is 0 Å². The van der Waals surface area contributed by atoms with Crippen LogP contribution in [0.4, 0.5) is 14.4 Å². The van der Waals surface area contributed by atoms with Crippen molar-refractivity contribution >= 4 is 18.3 Å². The minimum absolute atomic E-state index is 0.0904. The van der Waals surface area contributed by atoms with Crippen LogP contribution < -0.4 is 11.1 Å². The SMILES string of the molecule is CC(C)(C)OC(=O)N1CC[C@@H](N)C1.CC(C)(C)OC(=O)N1CC[C@@H](NC(=O)O[C@H]2CCOC2)C1. The fourth-order valence-corrected chi connectivity index (χ4v) is 3.61. The first-order valence-electron chi connectivity index (χ1n) is 12.0. The van der Waals surface area contributed by atoms with Gasteiger partial charge in [0.25, 0.3) is 0 Å². The second kappa shape index (κ2) is 11.9. The van der Waals surface area contributed by atoms with E-state index in [-0.39, 0.29) is 30.4 Å². The van der Waals surface area contributed by atoms with Crippen molar-refractivity contribution in [1.29, 1.82) is 0 Å². The Bertz CT molecular complexity index is 698. The van der Waals surface area contributed by atoms with Gasteiger partial charge in [0.15, 0.2) is 0 Å². The van der Waals surface area contributed by atoms with Gasteiger partial charge >= 0.3 is 18.3 Å². The molecule has 3 aliphatic heterocycles. The average molecular weight is 487 g/mol. The number of nitrogens with one attached hydrogen (secondary N) is 1. The summed E-state index contributed by atoms with van der Waals surface area (Å²) in [5.41, 5.74) is 4.75. The van der Waals surface area contributed by atoms with E-state index in [2.05, 4.69) is 5.32 Å². The fourth-order valence-electron chi connectivity index (χ4n) is 3.61. The lowest BCUT2D eigenvalue weighted by molar-refractivity contribution is 0.0280. The van der Waals surface area contributed by atoms with Crippen molar-refractivity contribution in [1.82, 2.24) is 15.1 Å². The van der Waals surface area contributed by atoms with Crippen molar-refractivity contribution in [2.24, 2.45) is 5.73 Å². The molecule has 3 N–H and O–H groups in total. The van der Waals surface area contributed by atoms with Crippen LogP contribution in [0.3, 0.4) is 0 Å². The predicted molar refractivity (Wildman–Crippen MR) is 125 cm³/mol. The minimum Gasteiger partial charge on any atom is -0.444 e. The Morgan fingerprint density at radius 3 is 1.91 bits per heavy atom. The second-order valence-corrected chi connectivity index (χ2v) is 10.9. The zero-order valence-corrected chi connectivity index (χ0v) is 21.4. The number of nitrogens with zero attached hydrogens (tertiary/aromatic N) is 2. The van der Waals surface area contributed by atoms with E-state index in [0.29, 0.717) is 39.3 Å². The van der Waals surface area contributed by atoms with Crippen molar-refractivity contribution in [2.45, 2.75) is 90.2 Å². The molecule has 0 aromatic rings. The van der Waals surface area contributed by atoms with Crippen molar-refractivity contribution < 1.29 is 33.3 Å². The summed E-state index contributed by atoms with van der Waals surface area (Å²) < 4.78 is 20.9. The molecule has 11 heteroatoms. The molecule has 0 aliphatic carbocycles. The van der Waals surface area contributed by atoms with Gasteiger partial charge in [0.2, 0.25) is 0 Å². The van der Waals surface area contributed by atoms with Crippen LogP contribution in [-0.4, -0.2) is 96.9 Å². The number of hydrogen-bond donors (Lipinski definition) is 2. The molecule has 3 heterocycles. The van der Waals surface area contributed by atoms with E-state index in [4.69, 9.17) is 24.7 Å². The van der Waals surface area contributed by atoms with E-state index in [1.807, 2.05) is 41.5 Å². The molecule has 0 bridgehead atoms. The van der Waals surface area contributed by atoms with Crippen molar-refractivity contribution in [3.63, 3.8) is 0 Å². The normalized spacial score (nSPS) is 24.9. The van der Waals surface area contributed by atoms with Crippen LogP contribution in [0.5, 0.6) is 0 Å². The number of rotatable bonds is 2. The van der Waals surface area contributed by atoms with Crippen molar-refractivity contribution in [3.8, 4) is 0 Å². The van der Waals surface area contributed by atoms with E-state index in [0.717, 1.165) is 19.4 Å². The summed E-state index contributed by atoms with van der Waals surface area (Å²) in [6.07, 6.45) is 1.12. The van der Waals surface area contributed by atoms with Crippen molar-refractivity contribution in [2.75, 3.05) is 39.4 Å². The van der Waals surface area contributed by atoms with Crippen molar-refractivity contribution in [3.05, 3.63) is 0 Å². The van der Waals surface area contributed by atoms with E-state index >= 15 is 0 Å². The Hall–Kier alpha value is -2.27. The Morgan fingerprint density at radius 1 is 0.882 bits per heavy atom. The first-order chi connectivity index (χ1) is 15.7. The molecule has 0 aromatic heterocycles. The Labute approximate surface area is 202 Å². The molecule has 196 valence electrons. The molecule has 0 aromatic carbocycles. The first-order valence-corrected chi connectivity index (χ1v) is 12.0. The maximum atomic E-state index is 11.9. The van der Waals surface area contributed by atoms with Crippen LogP contribution in [0.25, 0.3) is 0 Å². The lowest BCUT2D eigenvalue weighted by atomic mass is 10.2. The molecule has 0 spiro atoms. The zero-order valence-electron chi connectivity index (χ0n) is 21.4. The van der Waals surface area contributed by atoms with Gasteiger partial charge in [-0.1, -0.05) is 0 Å². The molecule has 0 radical (unpaired) electrons. The van der Waals surface area contributed by atoms with Gasteiger partial charge in [-0.2, -0.15) is 0 Å². The molecule has 3 atom stereocenters. The molecule has 3 aliphatic rings. The third kappa shape index (κ3) is 10.3. The topological polar surface area (TPSA) is 133 Å². The van der Waals surface area contributed by atoms with Gasteiger partial charge in [-0.25, -0.2) is 14.4 Å². The number of hydrogen-bond acceptors (Lipinski definition) is 8. The molecule has 0 saturated carbocycles. The highest BCUT2D eigenvalue weighted by Crippen LogP contribution is 2.16. The summed E-state index contributed by atoms with van der Waals surface area (Å²) in [5.74, 6) is 0. The van der Waals surface area contributed by atoms with E-state index in [1.54, 1.807) is 9.80 Å². The van der Waals surface area contributed by atoms with Gasteiger partial charge in [-0.05, 0) is 54.4 Å². The quantitative estimate of drug-likeness (QED) is 0.569. The fraction of sp³-hybridized carbons (Fsp3) is 0.870. The molecule has 0 unspecified atom stereocenters. The summed E-state index contributed by atoms with van der Waals surface area (Å²) in [6.45, 7) is 14.5. The maximum Gasteiger partial charge on any atom is 0.410 e. The van der Waals surface area contributed by atoms with Crippen LogP contribution in [0.2, 0.25) is 0 Å². The molecule has 11 nitrogen and oxygen atoms in total. The van der Waals surface area contributed by atoms with E-state index in [9.17, 15) is 14.4 Å². The Kier molecular flexibility index (Phi) is 9.81. The minimum atomic E-state index is -0.510. The molecule has 3 rings (SSSR count). The number of ether oxygens (including phenoxy) is 4. The van der Waals surface area contributed by atoms with Crippen LogP contribution in [0.1, 0.15) is 60.8 Å². The smallest absolute Gasteiger partial charge is 0.410 e. The maximum absolute atomic E-state index is 11.9. The van der Waals surface area contributed by atoms with Crippen LogP contribution >= 0.6 is 0 Å². The first kappa shape index (κ1) is 28.0. The Balaban J connectivity index is 0.000000270. The van der Waals surface area contributed by atoms with Gasteiger partial charge in [-0.3, -0.25) is 0 Å². The number of likely N-dealkylation sites (tertiary alicyclic amines) is 2. The molecular formula is C23H42N4O7. The monoisotopic (exact) mass is 486 g/mol. The number of amides is 3. The lowest BCUT2D eigenvalue weighted by Crippen LogP contribution is -2.41. The third-order valence-electron chi connectivity index (χ3n) is 5.20. The molecule has 3 amide bonds. The lowest BCUT2D eigenvalue weighted by Gasteiger charge is -2.24. The third-order valence-corrected chi connectivity index (χ3v) is 5.20. The average Bonchev–Trinajstić information content (AvgIpc) is 3.42. The highest BCUT2D eigenvalue weighted by atomic mass is 16.6. The summed E-state index contributed by atoms with van der Waals surface area (Å²) in [5, 5.41) is 2.79. The summed E-state index contributed by atoms with van der Waals surface area (Å²) in [6, 6.07) is 0.0276. The standard InChI is InChI=1S/C14H24N2O5.C9H18N2O2/c1-14(2,3)21-13(18)16-6-4-10(8-16)15-12(17)20-11-5-7-19-9-11;1-9(2,3)13-8(12)11-5-4-7(10)6-11/h10-11H,4-9H2,1-3H3,(H,15,17);7H,4-6,10H2,1-3H3/t10-,11+;7-/m11/s1. The second-order valence-electron chi connectivity index (χ2n) is 10.9. The summed E-state index contributed by atoms with van der Waals surface area (Å²) in [4.78, 5) is 38.4. The summed E-state index contributed by atoms with van der Waals surface area (Å²) in [7, 11) is 0. The van der Waals surface area contributed by atoms with Gasteiger partial charge < -0.3 is 39.8 Å². The number of carbonyl (C=O) groups is 3. The van der Waals surface area contributed by atoms with Crippen LogP contribution in [-0.2, 0) is 18.9 Å². The van der Waals surface area contributed by atoms with E-state index < -0.39 is 17.3 Å². The largest absolute Gasteiger partial charge is 0.444 e. The highest BCUT2D eigenvalue weighted by Gasteiger charge is 2.31. The van der Waals surface area contributed by atoms with Crippen LogP contribution in [0.15, 0.2) is 0 Å². The molecule has 3 saturated heterocycles. The molecular weight excluding hydrogens is 444 g/mol. The molecule has 3 fully saturated rings. The number of alkyl carbamates (subject to hydrolysis) is 1. The Morgan fingerprint density at radius 2 is 1.44 bits per heavy atom. The zero-order chi connectivity index (χ0) is 25.5. The number of carbonyl (C=O) groups excluding carboxylic acids is 3.